The summed E-state index contributed by atoms with van der Waals surface area (Å²) < 4.78 is 32.5. The summed E-state index contributed by atoms with van der Waals surface area (Å²) in [6.45, 7) is 2.76. The van der Waals surface area contributed by atoms with Crippen LogP contribution in [0.25, 0.3) is 32.9 Å². The number of hydrogen-bond acceptors (Lipinski definition) is 7. The Balaban J connectivity index is 0.000000272. The maximum Gasteiger partial charge on any atom is 0.316 e. The lowest BCUT2D eigenvalue weighted by Crippen LogP contribution is -2.32. The number of anilines is 1. The number of terminal acetylenes is 1. The topological polar surface area (TPSA) is 74.6 Å². The Morgan fingerprint density at radius 3 is 2.74 bits per heavy atom. The first-order valence-corrected chi connectivity index (χ1v) is 14.7. The van der Waals surface area contributed by atoms with E-state index in [0.29, 0.717) is 40.1 Å². The van der Waals surface area contributed by atoms with Gasteiger partial charge in [-0.3, -0.25) is 4.90 Å². The molecule has 2 atom stereocenters. The smallest absolute Gasteiger partial charge is 0.316 e. The van der Waals surface area contributed by atoms with Gasteiger partial charge in [0.05, 0.1) is 29.3 Å². The third-order valence-corrected chi connectivity index (χ3v) is 9.33. The van der Waals surface area contributed by atoms with Crippen LogP contribution in [0.4, 0.5) is 14.6 Å². The maximum absolute atomic E-state index is 14.6. The second-order valence-electron chi connectivity index (χ2n) is 11.9. The van der Waals surface area contributed by atoms with Gasteiger partial charge < -0.3 is 14.7 Å². The first-order chi connectivity index (χ1) is 20.4. The van der Waals surface area contributed by atoms with E-state index < -0.39 is 12.0 Å². The van der Waals surface area contributed by atoms with Crippen molar-refractivity contribution in [2.24, 2.45) is 0 Å². The lowest BCUT2D eigenvalue weighted by molar-refractivity contribution is 0.292. The predicted octanol–water partition coefficient (Wildman–Crippen LogP) is 6.01. The molecule has 42 heavy (non-hydrogen) atoms. The summed E-state index contributed by atoms with van der Waals surface area (Å²) in [7, 11) is 1.52. The first kappa shape index (κ1) is 26.8. The van der Waals surface area contributed by atoms with E-state index in [1.165, 1.54) is 26.0 Å². The Kier molecular flexibility index (Phi) is 6.62. The van der Waals surface area contributed by atoms with Crippen molar-refractivity contribution in [1.29, 1.82) is 0 Å². The summed E-state index contributed by atoms with van der Waals surface area (Å²) in [5, 5.41) is 12.5. The number of pyridine rings is 1. The second-order valence-corrected chi connectivity index (χ2v) is 11.9. The molecule has 2 aromatic heterocycles. The Bertz CT molecular complexity index is 1720. The van der Waals surface area contributed by atoms with Gasteiger partial charge in [-0.15, -0.1) is 6.42 Å². The molecule has 5 heterocycles. The van der Waals surface area contributed by atoms with Crippen molar-refractivity contribution in [3.63, 3.8) is 0 Å². The van der Waals surface area contributed by atoms with Gasteiger partial charge >= 0.3 is 6.01 Å². The number of aromatic hydroxyl groups is 1. The minimum atomic E-state index is -0.518. The number of aromatic nitrogens is 3. The summed E-state index contributed by atoms with van der Waals surface area (Å²) in [5.41, 5.74) is 2.08. The summed E-state index contributed by atoms with van der Waals surface area (Å²) >= 11 is 0. The quantitative estimate of drug-likeness (QED) is 0.303. The molecule has 4 fully saturated rings. The van der Waals surface area contributed by atoms with Gasteiger partial charge in [-0.05, 0) is 81.1 Å². The average Bonchev–Trinajstić information content (AvgIpc) is 3.24. The highest BCUT2D eigenvalue weighted by Gasteiger charge is 2.51. The Hall–Kier alpha value is -4.03. The minimum Gasteiger partial charge on any atom is -0.508 e. The molecule has 0 radical (unpaired) electrons. The van der Waals surface area contributed by atoms with E-state index in [1.54, 1.807) is 24.4 Å². The molecule has 3 aliphatic heterocycles. The van der Waals surface area contributed by atoms with Crippen molar-refractivity contribution in [3.8, 4) is 35.4 Å². The zero-order valence-electron chi connectivity index (χ0n) is 23.6. The summed E-state index contributed by atoms with van der Waals surface area (Å²) in [5.74, 6) is 2.84. The molecule has 0 amide bonds. The molecule has 216 valence electrons. The van der Waals surface area contributed by atoms with Crippen molar-refractivity contribution >= 4 is 27.5 Å². The normalized spacial score (nSPS) is 22.3. The zero-order chi connectivity index (χ0) is 29.0. The molecule has 0 bridgehead atoms. The van der Waals surface area contributed by atoms with E-state index in [4.69, 9.17) is 16.1 Å². The molecule has 1 spiro atoms. The molecule has 7 nitrogen and oxygen atoms in total. The number of ether oxygens (including phenoxy) is 1. The average molecular weight is 570 g/mol. The highest BCUT2D eigenvalue weighted by molar-refractivity contribution is 6.03. The van der Waals surface area contributed by atoms with Gasteiger partial charge in [0.2, 0.25) is 0 Å². The number of alkyl halides is 1. The van der Waals surface area contributed by atoms with Gasteiger partial charge in [-0.1, -0.05) is 12.0 Å². The minimum absolute atomic E-state index is 0.0515. The molecular weight excluding hydrogens is 536 g/mol. The fourth-order valence-electron chi connectivity index (χ4n) is 7.17. The fraction of sp³-hybridized carbons (Fsp3) is 0.424. The van der Waals surface area contributed by atoms with Crippen LogP contribution in [0.1, 0.15) is 50.5 Å². The molecule has 3 saturated heterocycles. The fourth-order valence-corrected chi connectivity index (χ4v) is 7.17. The molecular formula is C33H33F2N5O2. The van der Waals surface area contributed by atoms with Crippen LogP contribution in [0.5, 0.6) is 11.8 Å². The van der Waals surface area contributed by atoms with Crippen molar-refractivity contribution < 1.29 is 18.6 Å². The van der Waals surface area contributed by atoms with Crippen LogP contribution in [-0.2, 0) is 0 Å². The number of benzene rings is 2. The van der Waals surface area contributed by atoms with Gasteiger partial charge in [0.1, 0.15) is 23.6 Å². The monoisotopic (exact) mass is 569 g/mol. The van der Waals surface area contributed by atoms with Crippen molar-refractivity contribution in [2.45, 2.75) is 62.7 Å². The van der Waals surface area contributed by atoms with E-state index in [2.05, 4.69) is 25.7 Å². The molecule has 1 aliphatic carbocycles. The van der Waals surface area contributed by atoms with Crippen molar-refractivity contribution in [2.75, 3.05) is 31.6 Å². The van der Waals surface area contributed by atoms with E-state index >= 15 is 0 Å². The molecule has 2 unspecified atom stereocenters. The van der Waals surface area contributed by atoms with Crippen LogP contribution >= 0.6 is 0 Å². The number of hydrogen-bond donors (Lipinski definition) is 1. The van der Waals surface area contributed by atoms with Gasteiger partial charge in [0, 0.05) is 41.8 Å². The maximum atomic E-state index is 14.6. The summed E-state index contributed by atoms with van der Waals surface area (Å²) in [4.78, 5) is 18.6. The van der Waals surface area contributed by atoms with E-state index in [0.717, 1.165) is 56.4 Å². The van der Waals surface area contributed by atoms with Gasteiger partial charge in [-0.25, -0.2) is 18.7 Å². The standard InChI is InChI=1S/C26H21FN4O2.C7H12FN/c1-3-17-20(27)6-5-15-11-16(32)12-18(23(15)17)21-13-22-19(14-28-25(30-22)33-2)24(29-21)31-10-4-7-26(31)8-9-26;8-6-4-7-2-1-3-9(7)5-6/h1,5-6,11-14,32H,4,7-10H2,2H3;6-7H,1-5H2. The molecule has 2 aromatic carbocycles. The lowest BCUT2D eigenvalue weighted by Gasteiger charge is -2.27. The molecule has 8 rings (SSSR count). The number of nitrogens with zero attached hydrogens (tertiary/aromatic N) is 5. The summed E-state index contributed by atoms with van der Waals surface area (Å²) in [6.07, 6.45) is 14.8. The molecule has 1 N–H and O–H groups in total. The van der Waals surface area contributed by atoms with Crippen molar-refractivity contribution in [3.05, 3.63) is 47.9 Å². The number of halogens is 2. The van der Waals surface area contributed by atoms with Gasteiger partial charge in [-0.2, -0.15) is 4.98 Å². The van der Waals surface area contributed by atoms with Gasteiger partial charge in [0.25, 0.3) is 0 Å². The molecule has 4 aliphatic rings. The van der Waals surface area contributed by atoms with Crippen LogP contribution in [0.2, 0.25) is 0 Å². The third kappa shape index (κ3) is 4.58. The number of phenolic OH excluding ortho intramolecular Hbond substituents is 1. The number of phenols is 1. The SMILES string of the molecule is C#Cc1c(F)ccc2cc(O)cc(-c3cc4nc(OC)ncc4c(N4CCCC45CC5)n3)c12.FC1CC2CCCN2C1. The Morgan fingerprint density at radius 1 is 1.12 bits per heavy atom. The number of rotatable bonds is 3. The lowest BCUT2D eigenvalue weighted by atomic mass is 9.96. The van der Waals surface area contributed by atoms with Gasteiger partial charge in [0.15, 0.2) is 0 Å². The zero-order valence-corrected chi connectivity index (χ0v) is 23.6. The predicted molar refractivity (Wildman–Crippen MR) is 159 cm³/mol. The number of fused-ring (bicyclic) bond motifs is 3. The Labute approximate surface area is 243 Å². The molecule has 4 aromatic rings. The van der Waals surface area contributed by atoms with Crippen LogP contribution in [0.3, 0.4) is 0 Å². The van der Waals surface area contributed by atoms with Crippen LogP contribution in [0.15, 0.2) is 36.5 Å². The highest BCUT2D eigenvalue weighted by Crippen LogP contribution is 2.52. The van der Waals surface area contributed by atoms with Crippen molar-refractivity contribution in [1.82, 2.24) is 19.9 Å². The van der Waals surface area contributed by atoms with E-state index in [1.807, 2.05) is 6.07 Å². The second kappa shape index (κ2) is 10.4. The third-order valence-electron chi connectivity index (χ3n) is 9.33. The van der Waals surface area contributed by atoms with Crippen LogP contribution in [0, 0.1) is 18.2 Å². The summed E-state index contributed by atoms with van der Waals surface area (Å²) in [6, 6.07) is 8.77. The van der Waals surface area contributed by atoms with Crippen LogP contribution in [-0.4, -0.2) is 69.5 Å². The molecule has 1 saturated carbocycles. The molecule has 9 heteroatoms. The van der Waals surface area contributed by atoms with E-state index in [9.17, 15) is 13.9 Å². The van der Waals surface area contributed by atoms with E-state index in [-0.39, 0.29) is 22.9 Å². The number of methoxy groups -OCH3 is 1. The largest absolute Gasteiger partial charge is 0.508 e. The Morgan fingerprint density at radius 2 is 1.98 bits per heavy atom. The highest BCUT2D eigenvalue weighted by atomic mass is 19.1. The van der Waals surface area contributed by atoms with Crippen LogP contribution < -0.4 is 9.64 Å². The first-order valence-electron chi connectivity index (χ1n) is 14.7.